The van der Waals surface area contributed by atoms with Crippen molar-refractivity contribution in [3.8, 4) is 11.6 Å². The number of rotatable bonds is 3. The second-order valence-corrected chi connectivity index (χ2v) is 4.46. The van der Waals surface area contributed by atoms with Crippen LogP contribution >= 0.6 is 0 Å². The number of ketones is 1. The van der Waals surface area contributed by atoms with Crippen LogP contribution < -0.4 is 16.0 Å². The molecule has 0 aliphatic heterocycles. The molecule has 110 valence electrons. The van der Waals surface area contributed by atoms with Crippen LogP contribution in [-0.2, 0) is 14.1 Å². The molecule has 1 aromatic carbocycles. The van der Waals surface area contributed by atoms with Gasteiger partial charge in [0, 0.05) is 19.7 Å². The fraction of sp³-hybridized carbons (Fsp3) is 0.214. The summed E-state index contributed by atoms with van der Waals surface area (Å²) >= 11 is 0. The molecule has 1 heterocycles. The summed E-state index contributed by atoms with van der Waals surface area (Å²) in [5, 5.41) is 9.92. The zero-order valence-electron chi connectivity index (χ0n) is 11.8. The van der Waals surface area contributed by atoms with Gasteiger partial charge >= 0.3 is 5.69 Å². The minimum atomic E-state index is -0.837. The lowest BCUT2D eigenvalue weighted by Gasteiger charge is -2.09. The molecule has 0 fully saturated rings. The van der Waals surface area contributed by atoms with Crippen molar-refractivity contribution in [1.29, 1.82) is 0 Å². The fourth-order valence-electron chi connectivity index (χ4n) is 1.92. The van der Waals surface area contributed by atoms with E-state index >= 15 is 0 Å². The zero-order chi connectivity index (χ0) is 15.7. The van der Waals surface area contributed by atoms with E-state index in [1.807, 2.05) is 0 Å². The van der Waals surface area contributed by atoms with Gasteiger partial charge in [-0.2, -0.15) is 0 Å². The Morgan fingerprint density at radius 1 is 1.10 bits per heavy atom. The van der Waals surface area contributed by atoms with Crippen LogP contribution in [0.4, 0.5) is 0 Å². The van der Waals surface area contributed by atoms with Gasteiger partial charge < -0.3 is 9.84 Å². The average molecular weight is 290 g/mol. The van der Waals surface area contributed by atoms with E-state index in [0.29, 0.717) is 5.75 Å². The Kier molecular flexibility index (Phi) is 3.66. The summed E-state index contributed by atoms with van der Waals surface area (Å²) in [5.74, 6) is -0.751. The third-order valence-electron chi connectivity index (χ3n) is 3.21. The largest absolute Gasteiger partial charge is 0.497 e. The maximum atomic E-state index is 12.4. The minimum absolute atomic E-state index is 0.210. The standard InChI is InChI=1S/C14H14N2O5/c1-15-12(18)10(13(19)16(2)14(15)20)11(17)8-4-6-9(21-3)7-5-8/h4-7,18H,1-3H3. The van der Waals surface area contributed by atoms with E-state index < -0.39 is 28.5 Å². The van der Waals surface area contributed by atoms with E-state index in [9.17, 15) is 19.5 Å². The molecule has 2 rings (SSSR count). The van der Waals surface area contributed by atoms with Gasteiger partial charge in [0.1, 0.15) is 11.3 Å². The highest BCUT2D eigenvalue weighted by molar-refractivity contribution is 6.10. The summed E-state index contributed by atoms with van der Waals surface area (Å²) in [6.45, 7) is 0. The molecule has 0 radical (unpaired) electrons. The second-order valence-electron chi connectivity index (χ2n) is 4.46. The number of carbonyl (C=O) groups excluding carboxylic acids is 1. The Hall–Kier alpha value is -2.83. The maximum absolute atomic E-state index is 12.4. The number of hydrogen-bond donors (Lipinski definition) is 1. The van der Waals surface area contributed by atoms with Crippen LogP contribution in [0, 0.1) is 0 Å². The molecule has 0 amide bonds. The zero-order valence-corrected chi connectivity index (χ0v) is 11.8. The Labute approximate surface area is 119 Å². The molecule has 1 aromatic heterocycles. The predicted octanol–water partition coefficient (Wildman–Crippen LogP) is 0.0292. The summed E-state index contributed by atoms with van der Waals surface area (Å²) in [7, 11) is 4.02. The van der Waals surface area contributed by atoms with Crippen LogP contribution in [0.25, 0.3) is 0 Å². The predicted molar refractivity (Wildman–Crippen MR) is 75.0 cm³/mol. The van der Waals surface area contributed by atoms with Gasteiger partial charge in [-0.1, -0.05) is 0 Å². The number of ether oxygens (including phenoxy) is 1. The molecule has 0 unspecified atom stereocenters. The first-order valence-electron chi connectivity index (χ1n) is 6.06. The normalized spacial score (nSPS) is 10.4. The van der Waals surface area contributed by atoms with Gasteiger partial charge in [-0.3, -0.25) is 18.7 Å². The van der Waals surface area contributed by atoms with Crippen LogP contribution in [0.5, 0.6) is 11.6 Å². The van der Waals surface area contributed by atoms with Crippen molar-refractivity contribution in [3.63, 3.8) is 0 Å². The van der Waals surface area contributed by atoms with Crippen molar-refractivity contribution < 1.29 is 14.6 Å². The molecular formula is C14H14N2O5. The number of aromatic hydroxyl groups is 1. The Bertz CT molecular complexity index is 815. The summed E-state index contributed by atoms with van der Waals surface area (Å²) in [6, 6.07) is 6.09. The number of nitrogens with zero attached hydrogens (tertiary/aromatic N) is 2. The summed E-state index contributed by atoms with van der Waals surface area (Å²) < 4.78 is 6.60. The Morgan fingerprint density at radius 2 is 1.67 bits per heavy atom. The monoisotopic (exact) mass is 290 g/mol. The summed E-state index contributed by atoms with van der Waals surface area (Å²) in [6.07, 6.45) is 0. The van der Waals surface area contributed by atoms with E-state index in [4.69, 9.17) is 4.74 Å². The van der Waals surface area contributed by atoms with Gasteiger partial charge in [-0.25, -0.2) is 4.79 Å². The van der Waals surface area contributed by atoms with E-state index in [0.717, 1.165) is 9.13 Å². The molecule has 0 aliphatic rings. The molecule has 7 nitrogen and oxygen atoms in total. The van der Waals surface area contributed by atoms with Crippen molar-refractivity contribution >= 4 is 5.78 Å². The van der Waals surface area contributed by atoms with Gasteiger partial charge in [-0.15, -0.1) is 0 Å². The Morgan fingerprint density at radius 3 is 2.19 bits per heavy atom. The number of carbonyl (C=O) groups is 1. The van der Waals surface area contributed by atoms with Crippen LogP contribution in [0.1, 0.15) is 15.9 Å². The highest BCUT2D eigenvalue weighted by atomic mass is 16.5. The maximum Gasteiger partial charge on any atom is 0.333 e. The number of benzene rings is 1. The highest BCUT2D eigenvalue weighted by Crippen LogP contribution is 2.17. The van der Waals surface area contributed by atoms with Crippen molar-refractivity contribution in [2.45, 2.75) is 0 Å². The number of methoxy groups -OCH3 is 1. The van der Waals surface area contributed by atoms with Gasteiger partial charge in [0.2, 0.25) is 11.7 Å². The summed E-state index contributed by atoms with van der Waals surface area (Å²) in [5.41, 5.74) is -1.77. The molecule has 21 heavy (non-hydrogen) atoms. The first kappa shape index (κ1) is 14.6. The van der Waals surface area contributed by atoms with Gasteiger partial charge in [0.05, 0.1) is 7.11 Å². The topological polar surface area (TPSA) is 90.5 Å². The van der Waals surface area contributed by atoms with Crippen LogP contribution in [0.15, 0.2) is 33.9 Å². The van der Waals surface area contributed by atoms with Gasteiger partial charge in [0.15, 0.2) is 0 Å². The first-order chi connectivity index (χ1) is 9.88. The third-order valence-corrected chi connectivity index (χ3v) is 3.21. The summed E-state index contributed by atoms with van der Waals surface area (Å²) in [4.78, 5) is 36.1. The number of hydrogen-bond acceptors (Lipinski definition) is 5. The van der Waals surface area contributed by atoms with Gasteiger partial charge in [0.25, 0.3) is 5.56 Å². The first-order valence-corrected chi connectivity index (χ1v) is 6.06. The van der Waals surface area contributed by atoms with Crippen molar-refractivity contribution in [3.05, 3.63) is 56.2 Å². The van der Waals surface area contributed by atoms with Crippen molar-refractivity contribution in [1.82, 2.24) is 9.13 Å². The van der Waals surface area contributed by atoms with E-state index in [1.165, 1.54) is 33.3 Å². The van der Waals surface area contributed by atoms with Crippen molar-refractivity contribution in [2.24, 2.45) is 14.1 Å². The second kappa shape index (κ2) is 5.28. The molecule has 1 N–H and O–H groups in total. The average Bonchev–Trinajstić information content (AvgIpc) is 2.51. The molecule has 7 heteroatoms. The molecule has 0 aliphatic carbocycles. The quantitative estimate of drug-likeness (QED) is 0.805. The van der Waals surface area contributed by atoms with E-state index in [1.54, 1.807) is 12.1 Å². The molecule has 0 saturated carbocycles. The van der Waals surface area contributed by atoms with E-state index in [-0.39, 0.29) is 5.56 Å². The SMILES string of the molecule is COc1ccc(C(=O)c2c(O)n(C)c(=O)n(C)c2=O)cc1. The fourth-order valence-corrected chi connectivity index (χ4v) is 1.92. The Balaban J connectivity index is 2.63. The molecular weight excluding hydrogens is 276 g/mol. The highest BCUT2D eigenvalue weighted by Gasteiger charge is 2.22. The van der Waals surface area contributed by atoms with Crippen LogP contribution in [0.2, 0.25) is 0 Å². The lowest BCUT2D eigenvalue weighted by molar-refractivity contribution is 0.103. The molecule has 0 bridgehead atoms. The minimum Gasteiger partial charge on any atom is -0.497 e. The van der Waals surface area contributed by atoms with Crippen molar-refractivity contribution in [2.75, 3.05) is 7.11 Å². The van der Waals surface area contributed by atoms with E-state index in [2.05, 4.69) is 0 Å². The third kappa shape index (κ3) is 2.33. The molecule has 2 aromatic rings. The molecule has 0 atom stereocenters. The number of aromatic nitrogens is 2. The molecule has 0 saturated heterocycles. The smallest absolute Gasteiger partial charge is 0.333 e. The van der Waals surface area contributed by atoms with Gasteiger partial charge in [-0.05, 0) is 24.3 Å². The van der Waals surface area contributed by atoms with Crippen LogP contribution in [-0.4, -0.2) is 27.1 Å². The molecule has 0 spiro atoms. The lowest BCUT2D eigenvalue weighted by atomic mass is 10.1. The van der Waals surface area contributed by atoms with Crippen LogP contribution in [0.3, 0.4) is 0 Å². The lowest BCUT2D eigenvalue weighted by Crippen LogP contribution is -2.40.